The highest BCUT2D eigenvalue weighted by molar-refractivity contribution is 5.87. The maximum Gasteiger partial charge on any atom is 0.0858 e. The number of nitrogens with two attached hydrogens (primary N) is 1. The van der Waals surface area contributed by atoms with Crippen molar-refractivity contribution in [2.75, 3.05) is 6.67 Å². The molecule has 0 aliphatic heterocycles. The maximum absolute atomic E-state index is 5.42. The largest absolute Gasteiger partial charge is 0.312 e. The van der Waals surface area contributed by atoms with Crippen molar-refractivity contribution < 1.29 is 0 Å². The average Bonchev–Trinajstić information content (AvgIpc) is 2.04. The van der Waals surface area contributed by atoms with Crippen LogP contribution in [0, 0.1) is 11.8 Å². The molecule has 1 aliphatic carbocycles. The molecule has 1 rings (SSSR count). The second-order valence-corrected chi connectivity index (χ2v) is 3.96. The molecule has 0 bridgehead atoms. The van der Waals surface area contributed by atoms with Gasteiger partial charge >= 0.3 is 0 Å². The smallest absolute Gasteiger partial charge is 0.0858 e. The lowest BCUT2D eigenvalue weighted by molar-refractivity contribution is 0.444. The first-order chi connectivity index (χ1) is 6.16. The van der Waals surface area contributed by atoms with Gasteiger partial charge in [0.25, 0.3) is 0 Å². The molecule has 2 nitrogen and oxygen atoms in total. The van der Waals surface area contributed by atoms with Gasteiger partial charge in [0.1, 0.15) is 0 Å². The minimum atomic E-state index is 0.419. The van der Waals surface area contributed by atoms with Crippen LogP contribution in [0.4, 0.5) is 0 Å². The van der Waals surface area contributed by atoms with Crippen molar-refractivity contribution in [3.63, 3.8) is 0 Å². The molecule has 1 aliphatic rings. The van der Waals surface area contributed by atoms with Crippen LogP contribution in [0.2, 0.25) is 0 Å². The fraction of sp³-hybridized carbons (Fsp3) is 0.727. The van der Waals surface area contributed by atoms with Crippen LogP contribution in [0.3, 0.4) is 0 Å². The summed E-state index contributed by atoms with van der Waals surface area (Å²) in [5, 5.41) is 0. The van der Waals surface area contributed by atoms with Gasteiger partial charge in [-0.25, -0.2) is 0 Å². The number of nitrogens with zero attached hydrogens (tertiary/aromatic N) is 1. The quantitative estimate of drug-likeness (QED) is 0.514. The van der Waals surface area contributed by atoms with Crippen molar-refractivity contribution in [2.45, 2.75) is 33.6 Å². The zero-order valence-electron chi connectivity index (χ0n) is 8.88. The summed E-state index contributed by atoms with van der Waals surface area (Å²) in [6.45, 7) is 7.02. The molecule has 0 heterocycles. The molecule has 2 atom stereocenters. The highest BCUT2D eigenvalue weighted by atomic mass is 14.9. The zero-order chi connectivity index (χ0) is 9.84. The molecule has 2 N–H and O–H groups in total. The summed E-state index contributed by atoms with van der Waals surface area (Å²) < 4.78 is 0. The van der Waals surface area contributed by atoms with E-state index in [1.54, 1.807) is 0 Å². The number of aliphatic imine (C=N–C) groups is 1. The first-order valence-corrected chi connectivity index (χ1v) is 5.04. The third-order valence-corrected chi connectivity index (χ3v) is 2.94. The number of rotatable bonds is 2. The van der Waals surface area contributed by atoms with Crippen LogP contribution in [0.25, 0.3) is 0 Å². The summed E-state index contributed by atoms with van der Waals surface area (Å²) in [5.74, 6) is 1.26. The van der Waals surface area contributed by atoms with E-state index in [0.717, 1.165) is 5.92 Å². The lowest BCUT2D eigenvalue weighted by Crippen LogP contribution is -2.24. The van der Waals surface area contributed by atoms with Gasteiger partial charge in [0, 0.05) is 11.6 Å². The van der Waals surface area contributed by atoms with Crippen LogP contribution in [0.15, 0.2) is 16.6 Å². The zero-order valence-corrected chi connectivity index (χ0v) is 8.88. The van der Waals surface area contributed by atoms with E-state index >= 15 is 0 Å². The SMILES string of the molecule is CC1=CCC[C@H](C)C1/C(C)=N/CN. The van der Waals surface area contributed by atoms with Crippen LogP contribution in [0.1, 0.15) is 33.6 Å². The lowest BCUT2D eigenvalue weighted by atomic mass is 9.77. The number of allylic oxidation sites excluding steroid dienone is 2. The summed E-state index contributed by atoms with van der Waals surface area (Å²) >= 11 is 0. The van der Waals surface area contributed by atoms with Crippen molar-refractivity contribution in [1.29, 1.82) is 0 Å². The van der Waals surface area contributed by atoms with Gasteiger partial charge in [-0.2, -0.15) is 0 Å². The van der Waals surface area contributed by atoms with Gasteiger partial charge in [0.2, 0.25) is 0 Å². The first-order valence-electron chi connectivity index (χ1n) is 5.04. The molecule has 0 amide bonds. The molecule has 0 aromatic heterocycles. The highest BCUT2D eigenvalue weighted by Gasteiger charge is 2.23. The normalized spacial score (nSPS) is 30.2. The average molecular weight is 180 g/mol. The van der Waals surface area contributed by atoms with Crippen molar-refractivity contribution in [2.24, 2.45) is 22.6 Å². The van der Waals surface area contributed by atoms with Crippen LogP contribution in [-0.4, -0.2) is 12.4 Å². The van der Waals surface area contributed by atoms with Crippen LogP contribution >= 0.6 is 0 Å². The summed E-state index contributed by atoms with van der Waals surface area (Å²) in [6, 6.07) is 0. The molecule has 74 valence electrons. The lowest BCUT2D eigenvalue weighted by Gasteiger charge is -2.28. The fourth-order valence-electron chi connectivity index (χ4n) is 2.30. The Labute approximate surface area is 80.9 Å². The molecule has 0 aromatic rings. The Morgan fingerprint density at radius 1 is 1.69 bits per heavy atom. The van der Waals surface area contributed by atoms with Crippen LogP contribution < -0.4 is 5.73 Å². The standard InChI is InChI=1S/C11H20N2/c1-8-5-4-6-9(2)11(8)10(3)13-7-12/h5,9,11H,4,6-7,12H2,1-3H3/b13-10+/t9-,11?/m0/s1. The molecule has 0 saturated heterocycles. The molecule has 0 fully saturated rings. The van der Waals surface area contributed by atoms with E-state index in [1.807, 2.05) is 0 Å². The van der Waals surface area contributed by atoms with E-state index in [-0.39, 0.29) is 0 Å². The molecule has 13 heavy (non-hydrogen) atoms. The van der Waals surface area contributed by atoms with Gasteiger partial charge in [-0.15, -0.1) is 0 Å². The third-order valence-electron chi connectivity index (χ3n) is 2.94. The van der Waals surface area contributed by atoms with Gasteiger partial charge in [-0.1, -0.05) is 18.6 Å². The van der Waals surface area contributed by atoms with E-state index in [2.05, 4.69) is 31.8 Å². The Morgan fingerprint density at radius 2 is 2.38 bits per heavy atom. The monoisotopic (exact) mass is 180 g/mol. The summed E-state index contributed by atoms with van der Waals surface area (Å²) in [6.07, 6.45) is 4.83. The Hall–Kier alpha value is -0.630. The Morgan fingerprint density at radius 3 is 2.92 bits per heavy atom. The highest BCUT2D eigenvalue weighted by Crippen LogP contribution is 2.30. The second kappa shape index (κ2) is 4.56. The molecular weight excluding hydrogens is 160 g/mol. The Bertz CT molecular complexity index is 228. The van der Waals surface area contributed by atoms with E-state index in [9.17, 15) is 0 Å². The predicted molar refractivity (Wildman–Crippen MR) is 57.8 cm³/mol. The van der Waals surface area contributed by atoms with E-state index in [0.29, 0.717) is 12.6 Å². The van der Waals surface area contributed by atoms with Crippen molar-refractivity contribution in [3.8, 4) is 0 Å². The molecule has 0 saturated carbocycles. The van der Waals surface area contributed by atoms with E-state index in [1.165, 1.54) is 24.1 Å². The minimum absolute atomic E-state index is 0.419. The van der Waals surface area contributed by atoms with Crippen LogP contribution in [-0.2, 0) is 0 Å². The Balaban J connectivity index is 2.81. The van der Waals surface area contributed by atoms with Crippen LogP contribution in [0.5, 0.6) is 0 Å². The summed E-state index contributed by atoms with van der Waals surface area (Å²) in [5.41, 5.74) is 8.08. The third kappa shape index (κ3) is 2.41. The van der Waals surface area contributed by atoms with Gasteiger partial charge in [0.15, 0.2) is 0 Å². The number of hydrogen-bond donors (Lipinski definition) is 1. The van der Waals surface area contributed by atoms with Crippen molar-refractivity contribution in [3.05, 3.63) is 11.6 Å². The van der Waals surface area contributed by atoms with Gasteiger partial charge in [-0.05, 0) is 32.6 Å². The summed E-state index contributed by atoms with van der Waals surface area (Å²) in [4.78, 5) is 4.30. The van der Waals surface area contributed by atoms with E-state index in [4.69, 9.17) is 5.73 Å². The van der Waals surface area contributed by atoms with Gasteiger partial charge in [-0.3, -0.25) is 4.99 Å². The van der Waals surface area contributed by atoms with Crippen molar-refractivity contribution in [1.82, 2.24) is 0 Å². The maximum atomic E-state index is 5.42. The van der Waals surface area contributed by atoms with Gasteiger partial charge in [0.05, 0.1) is 6.67 Å². The van der Waals surface area contributed by atoms with Gasteiger partial charge < -0.3 is 5.73 Å². The van der Waals surface area contributed by atoms with Crippen molar-refractivity contribution >= 4 is 5.71 Å². The topological polar surface area (TPSA) is 38.4 Å². The first kappa shape index (κ1) is 10.5. The molecule has 2 heteroatoms. The molecule has 1 unspecified atom stereocenters. The fourth-order valence-corrected chi connectivity index (χ4v) is 2.30. The molecule has 0 aromatic carbocycles. The minimum Gasteiger partial charge on any atom is -0.312 e. The summed E-state index contributed by atoms with van der Waals surface area (Å²) in [7, 11) is 0. The number of hydrogen-bond acceptors (Lipinski definition) is 2. The second-order valence-electron chi connectivity index (χ2n) is 3.96. The molecule has 0 radical (unpaired) electrons. The molecular formula is C11H20N2. The molecule has 0 spiro atoms. The Kier molecular flexibility index (Phi) is 3.67. The van der Waals surface area contributed by atoms with E-state index < -0.39 is 0 Å². The predicted octanol–water partition coefficient (Wildman–Crippen LogP) is 2.36.